The van der Waals surface area contributed by atoms with E-state index >= 15 is 0 Å². The topological polar surface area (TPSA) is 58.1 Å². The maximum atomic E-state index is 11.7. The molecule has 2 aromatic heterocycles. The highest BCUT2D eigenvalue weighted by Crippen LogP contribution is 2.43. The van der Waals surface area contributed by atoms with Crippen LogP contribution in [0.3, 0.4) is 0 Å². The van der Waals surface area contributed by atoms with Gasteiger partial charge in [-0.15, -0.1) is 0 Å². The summed E-state index contributed by atoms with van der Waals surface area (Å²) >= 11 is 32.8. The third kappa shape index (κ3) is 7.73. The Morgan fingerprint density at radius 1 is 0.667 bits per heavy atom. The summed E-state index contributed by atoms with van der Waals surface area (Å²) in [6.45, 7) is 5.16. The number of halogens is 6. The molecule has 4 aromatic rings. The quantitative estimate of drug-likeness (QED) is 0.191. The first-order valence-corrected chi connectivity index (χ1v) is 20.3. The van der Waals surface area contributed by atoms with Gasteiger partial charge in [0.05, 0.1) is 30.4 Å². The molecule has 2 aliphatic carbocycles. The molecule has 2 fully saturated rings. The molecule has 0 atom stereocenters. The number of amides is 1. The highest BCUT2D eigenvalue weighted by atomic mass is 79.9. The van der Waals surface area contributed by atoms with Crippen molar-refractivity contribution in [3.8, 4) is 0 Å². The Kier molecular flexibility index (Phi) is 11.7. The van der Waals surface area contributed by atoms with E-state index in [0.29, 0.717) is 0 Å². The molecule has 0 bridgehead atoms. The number of fused-ring (bicyclic) bond motifs is 4. The summed E-state index contributed by atoms with van der Waals surface area (Å²) in [4.78, 5) is 23.2. The van der Waals surface area contributed by atoms with E-state index in [9.17, 15) is 4.79 Å². The zero-order chi connectivity index (χ0) is 35.8. The number of likely N-dealkylation sites (tertiary alicyclic amines) is 1. The van der Waals surface area contributed by atoms with Crippen LogP contribution in [0, 0.1) is 0 Å². The molecular weight excluding hydrogens is 854 g/mol. The van der Waals surface area contributed by atoms with Crippen LogP contribution in [0.25, 0.3) is 11.1 Å². The normalized spacial score (nSPS) is 17.0. The van der Waals surface area contributed by atoms with Crippen LogP contribution in [0.5, 0.6) is 0 Å². The zero-order valence-electron chi connectivity index (χ0n) is 28.1. The second kappa shape index (κ2) is 16.0. The second-order valence-corrected chi connectivity index (χ2v) is 16.6. The van der Waals surface area contributed by atoms with Gasteiger partial charge in [0, 0.05) is 53.6 Å². The molecule has 1 amide bonds. The number of carbonyl (C=O) groups is 1. The van der Waals surface area contributed by atoms with Gasteiger partial charge in [-0.3, -0.25) is 14.8 Å². The lowest BCUT2D eigenvalue weighted by molar-refractivity contribution is -0.129. The number of piperidine rings is 2. The third-order valence-corrected chi connectivity index (χ3v) is 13.3. The summed E-state index contributed by atoms with van der Waals surface area (Å²) < 4.78 is 1.68. The van der Waals surface area contributed by atoms with E-state index in [1.165, 1.54) is 44.5 Å². The van der Waals surface area contributed by atoms with Crippen LogP contribution in [0.4, 0.5) is 0 Å². The SMILES string of the molecule is CC(=O)N1CCC(=C2c3ccc(Cl)cc3CCc3c2ncc(Br)c3Cl)CC1.Clc1ccc2c(c1)CCc1c(ncc(Br)c1Cl)C2=C1CCNCC1. The molecule has 264 valence electrons. The number of carbonyl (C=O) groups excluding carboxylic acids is 1. The minimum Gasteiger partial charge on any atom is -0.342 e. The van der Waals surface area contributed by atoms with Crippen molar-refractivity contribution >= 4 is 95.3 Å². The van der Waals surface area contributed by atoms with Crippen molar-refractivity contribution in [1.82, 2.24) is 20.2 Å². The molecule has 0 spiro atoms. The van der Waals surface area contributed by atoms with Crippen LogP contribution < -0.4 is 5.32 Å². The van der Waals surface area contributed by atoms with E-state index in [0.717, 1.165) is 129 Å². The van der Waals surface area contributed by atoms with Crippen LogP contribution in [-0.2, 0) is 30.5 Å². The Labute approximate surface area is 336 Å². The first-order valence-electron chi connectivity index (χ1n) is 17.2. The van der Waals surface area contributed by atoms with Gasteiger partial charge in [0.15, 0.2) is 0 Å². The van der Waals surface area contributed by atoms with E-state index in [1.807, 2.05) is 23.2 Å². The van der Waals surface area contributed by atoms with Gasteiger partial charge in [-0.25, -0.2) is 0 Å². The number of nitrogens with one attached hydrogen (secondary N) is 1. The Bertz CT molecular complexity index is 2100. The molecule has 8 rings (SSSR count). The van der Waals surface area contributed by atoms with Gasteiger partial charge in [0.25, 0.3) is 0 Å². The van der Waals surface area contributed by atoms with Crippen LogP contribution in [0.1, 0.15) is 77.4 Å². The van der Waals surface area contributed by atoms with Crippen molar-refractivity contribution in [1.29, 1.82) is 0 Å². The minimum atomic E-state index is 0.137. The van der Waals surface area contributed by atoms with E-state index in [2.05, 4.69) is 61.4 Å². The fourth-order valence-corrected chi connectivity index (χ4v) is 9.27. The lowest BCUT2D eigenvalue weighted by Crippen LogP contribution is -2.34. The van der Waals surface area contributed by atoms with Crippen LogP contribution >= 0.6 is 78.3 Å². The number of hydrogen-bond donors (Lipinski definition) is 1. The fourth-order valence-electron chi connectivity index (χ4n) is 7.73. The standard InChI is InChI=1S/C21H19BrCl2N2O.C19H17BrCl2N2/c1-12(27)26-8-6-13(7-9-26)19-16-5-3-15(23)10-14(16)2-4-17-20(24)18(22)11-25-21(17)19;20-16-10-24-19-15(18(16)22)3-1-12-9-13(21)2-4-14(12)17(19)11-5-7-23-8-6-11/h3,5,10-11H,2,4,6-9H2,1H3;2,4,9-10,23H,1,3,5-8H2. The van der Waals surface area contributed by atoms with E-state index in [4.69, 9.17) is 56.4 Å². The highest BCUT2D eigenvalue weighted by molar-refractivity contribution is 9.10. The molecule has 1 N–H and O–H groups in total. The van der Waals surface area contributed by atoms with E-state index < -0.39 is 0 Å². The number of nitrogens with zero attached hydrogens (tertiary/aromatic N) is 3. The molecule has 0 radical (unpaired) electrons. The predicted molar refractivity (Wildman–Crippen MR) is 217 cm³/mol. The molecule has 11 heteroatoms. The Morgan fingerprint density at radius 3 is 1.57 bits per heavy atom. The number of aromatic nitrogens is 2. The van der Waals surface area contributed by atoms with Crippen molar-refractivity contribution in [3.63, 3.8) is 0 Å². The summed E-state index contributed by atoms with van der Waals surface area (Å²) in [6, 6.07) is 12.3. The monoisotopic (exact) mass is 886 g/mol. The largest absolute Gasteiger partial charge is 0.342 e. The average molecular weight is 890 g/mol. The Morgan fingerprint density at radius 2 is 1.12 bits per heavy atom. The second-order valence-electron chi connectivity index (χ2n) is 13.3. The van der Waals surface area contributed by atoms with Crippen LogP contribution in [0.2, 0.25) is 20.1 Å². The van der Waals surface area contributed by atoms with Gasteiger partial charge >= 0.3 is 0 Å². The smallest absolute Gasteiger partial charge is 0.219 e. The molecule has 2 aromatic carbocycles. The molecule has 51 heavy (non-hydrogen) atoms. The maximum absolute atomic E-state index is 11.7. The summed E-state index contributed by atoms with van der Waals surface area (Å²) in [5, 5.41) is 6.49. The minimum absolute atomic E-state index is 0.137. The summed E-state index contributed by atoms with van der Waals surface area (Å²) in [7, 11) is 0. The van der Waals surface area contributed by atoms with Crippen LogP contribution in [-0.4, -0.2) is 47.0 Å². The van der Waals surface area contributed by atoms with Gasteiger partial charge in [0.1, 0.15) is 0 Å². The number of rotatable bonds is 0. The van der Waals surface area contributed by atoms with Gasteiger partial charge < -0.3 is 10.2 Å². The number of pyridine rings is 2. The average Bonchev–Trinajstić information content (AvgIpc) is 3.40. The number of benzene rings is 2. The molecule has 2 saturated heterocycles. The van der Waals surface area contributed by atoms with Gasteiger partial charge in [-0.1, -0.05) is 69.7 Å². The van der Waals surface area contributed by atoms with E-state index in [-0.39, 0.29) is 5.91 Å². The molecule has 4 heterocycles. The van der Waals surface area contributed by atoms with Crippen LogP contribution in [0.15, 0.2) is 68.9 Å². The summed E-state index contributed by atoms with van der Waals surface area (Å²) in [5.74, 6) is 0.137. The highest BCUT2D eigenvalue weighted by Gasteiger charge is 2.28. The summed E-state index contributed by atoms with van der Waals surface area (Å²) in [5.41, 5.74) is 14.4. The maximum Gasteiger partial charge on any atom is 0.219 e. The zero-order valence-corrected chi connectivity index (χ0v) is 34.3. The first kappa shape index (κ1) is 37.1. The predicted octanol–water partition coefficient (Wildman–Crippen LogP) is 11.1. The first-order chi connectivity index (χ1) is 24.6. The molecule has 4 aliphatic rings. The number of hydrogen-bond acceptors (Lipinski definition) is 4. The fraction of sp³-hybridized carbons (Fsp3) is 0.325. The lowest BCUT2D eigenvalue weighted by Gasteiger charge is -2.29. The third-order valence-electron chi connectivity index (χ3n) is 10.3. The molecule has 5 nitrogen and oxygen atoms in total. The van der Waals surface area contributed by atoms with Crippen molar-refractivity contribution in [2.45, 2.75) is 58.3 Å². The number of aryl methyl sites for hydroxylation is 2. The molecule has 2 aliphatic heterocycles. The van der Waals surface area contributed by atoms with Crippen molar-refractivity contribution in [3.05, 3.63) is 134 Å². The van der Waals surface area contributed by atoms with E-state index in [1.54, 1.807) is 13.1 Å². The summed E-state index contributed by atoms with van der Waals surface area (Å²) in [6.07, 6.45) is 10.9. The Balaban J connectivity index is 0.000000160. The van der Waals surface area contributed by atoms with Crippen molar-refractivity contribution < 1.29 is 4.79 Å². The van der Waals surface area contributed by atoms with Crippen molar-refractivity contribution in [2.24, 2.45) is 0 Å². The molecule has 0 saturated carbocycles. The van der Waals surface area contributed by atoms with Gasteiger partial charge in [-0.2, -0.15) is 0 Å². The van der Waals surface area contributed by atoms with Gasteiger partial charge in [0.2, 0.25) is 5.91 Å². The molecule has 0 unspecified atom stereocenters. The van der Waals surface area contributed by atoms with Gasteiger partial charge in [-0.05, 0) is 154 Å². The lowest BCUT2D eigenvalue weighted by atomic mass is 9.88. The van der Waals surface area contributed by atoms with Crippen molar-refractivity contribution in [2.75, 3.05) is 26.2 Å². The molecular formula is C40H36Br2Cl4N4O. The Hall–Kier alpha value is -2.23.